The van der Waals surface area contributed by atoms with Crippen LogP contribution in [0.25, 0.3) is 107 Å². The van der Waals surface area contributed by atoms with Gasteiger partial charge < -0.3 is 19.6 Å². The van der Waals surface area contributed by atoms with E-state index in [1.165, 1.54) is 197 Å². The summed E-state index contributed by atoms with van der Waals surface area (Å²) in [5, 5.41) is 5.28. The Morgan fingerprint density at radius 2 is 0.500 bits per heavy atom. The minimum absolute atomic E-state index is 0.138. The first kappa shape index (κ1) is 77.9. The van der Waals surface area contributed by atoms with Crippen LogP contribution in [0.15, 0.2) is 461 Å². The van der Waals surface area contributed by atoms with Crippen molar-refractivity contribution in [2.45, 2.75) is 49.4 Å². The molecule has 0 unspecified atom stereocenters. The van der Waals surface area contributed by atoms with Crippen LogP contribution in [0.1, 0.15) is 94.5 Å². The van der Waals surface area contributed by atoms with Crippen LogP contribution >= 0.6 is 22.7 Å². The molecule has 4 heterocycles. The van der Waals surface area contributed by atoms with Crippen molar-refractivity contribution in [2.24, 2.45) is 0 Å². The number of nitrogens with zero attached hydrogens (tertiary/aromatic N) is 4. The first-order chi connectivity index (χ1) is 66.0. The van der Waals surface area contributed by atoms with Crippen LogP contribution in [0, 0.1) is 0 Å². The maximum atomic E-state index is 2.48. The van der Waals surface area contributed by atoms with Gasteiger partial charge in [-0.05, 0) is 279 Å². The van der Waals surface area contributed by atoms with Crippen LogP contribution in [0.5, 0.6) is 0 Å². The third-order valence-electron chi connectivity index (χ3n) is 30.1. The van der Waals surface area contributed by atoms with Crippen molar-refractivity contribution in [3.63, 3.8) is 0 Å². The van der Waals surface area contributed by atoms with Crippen LogP contribution in [0.2, 0.25) is 0 Å². The van der Waals surface area contributed by atoms with Gasteiger partial charge in [-0.1, -0.05) is 343 Å². The number of hydrogen-bond acceptors (Lipinski definition) is 6. The van der Waals surface area contributed by atoms with Crippen LogP contribution in [-0.2, 0) is 21.7 Å². The molecule has 632 valence electrons. The number of hydrogen-bond donors (Lipinski definition) is 0. The Bertz CT molecular complexity index is 8500. The summed E-state index contributed by atoms with van der Waals surface area (Å²) in [4.78, 5) is 9.86. The number of fused-ring (bicyclic) bond motifs is 30. The molecule has 4 nitrogen and oxygen atoms in total. The van der Waals surface area contributed by atoms with Gasteiger partial charge in [0.1, 0.15) is 0 Å². The molecule has 0 atom stereocenters. The van der Waals surface area contributed by atoms with Gasteiger partial charge in [0.15, 0.2) is 0 Å². The normalized spacial score (nSPS) is 14.3. The third kappa shape index (κ3) is 11.3. The summed E-state index contributed by atoms with van der Waals surface area (Å²) in [5.41, 5.74) is 43.8. The van der Waals surface area contributed by atoms with Crippen LogP contribution < -0.4 is 19.6 Å². The van der Waals surface area contributed by atoms with Gasteiger partial charge >= 0.3 is 0 Å². The molecular weight excluding hydrogens is 1660 g/mol. The van der Waals surface area contributed by atoms with E-state index >= 15 is 0 Å². The van der Waals surface area contributed by atoms with Crippen molar-refractivity contribution in [3.8, 4) is 66.8 Å². The monoisotopic (exact) mass is 1740 g/mol. The number of rotatable bonds is 10. The summed E-state index contributed by atoms with van der Waals surface area (Å²) >= 11 is 3.75. The van der Waals surface area contributed by atoms with Gasteiger partial charge in [-0.3, -0.25) is 0 Å². The quantitative estimate of drug-likeness (QED) is 0.135. The van der Waals surface area contributed by atoms with Gasteiger partial charge in [0, 0.05) is 96.7 Å². The van der Waals surface area contributed by atoms with Crippen LogP contribution in [-0.4, -0.2) is 0 Å². The predicted octanol–water partition coefficient (Wildman–Crippen LogP) is 35.3. The average Bonchev–Trinajstić information content (AvgIpc) is 1.48. The molecule has 0 radical (unpaired) electrons. The zero-order valence-corrected chi connectivity index (χ0v) is 76.1. The zero-order chi connectivity index (χ0) is 88.9. The highest BCUT2D eigenvalue weighted by Gasteiger charge is 2.54. The topological polar surface area (TPSA) is 13.0 Å². The largest absolute Gasteiger partial charge is 0.310 e. The highest BCUT2D eigenvalue weighted by Crippen LogP contribution is 2.67. The van der Waals surface area contributed by atoms with E-state index < -0.39 is 10.8 Å². The molecule has 22 aromatic rings. The summed E-state index contributed by atoms with van der Waals surface area (Å²) < 4.78 is 5.30. The Kier molecular flexibility index (Phi) is 17.3. The lowest BCUT2D eigenvalue weighted by Gasteiger charge is -2.45. The van der Waals surface area contributed by atoms with Crippen molar-refractivity contribution in [1.29, 1.82) is 0 Å². The Morgan fingerprint density at radius 1 is 0.187 bits per heavy atom. The Labute approximate surface area is 788 Å². The smallest absolute Gasteiger partial charge is 0.0754 e. The van der Waals surface area contributed by atoms with Gasteiger partial charge in [-0.2, -0.15) is 0 Å². The fourth-order valence-corrected chi connectivity index (χ4v) is 26.5. The van der Waals surface area contributed by atoms with Crippen LogP contribution in [0.3, 0.4) is 0 Å². The van der Waals surface area contributed by atoms with E-state index in [0.717, 1.165) is 45.5 Å². The molecular formula is C128H88N4S2. The molecule has 28 rings (SSSR count). The minimum atomic E-state index is -0.521. The van der Waals surface area contributed by atoms with Crippen molar-refractivity contribution < 1.29 is 0 Å². The van der Waals surface area contributed by atoms with Crippen molar-refractivity contribution in [2.75, 3.05) is 19.6 Å². The summed E-state index contributed by atoms with van der Waals surface area (Å²) in [6.45, 7) is 9.50. The second-order valence-electron chi connectivity index (χ2n) is 37.6. The van der Waals surface area contributed by atoms with Gasteiger partial charge in [0.05, 0.1) is 33.6 Å². The molecule has 0 N–H and O–H groups in total. The Balaban J connectivity index is 0.000000136. The van der Waals surface area contributed by atoms with Crippen molar-refractivity contribution >= 4 is 131 Å². The third-order valence-corrected chi connectivity index (χ3v) is 32.5. The summed E-state index contributed by atoms with van der Waals surface area (Å²) in [7, 11) is 0. The molecule has 134 heavy (non-hydrogen) atoms. The molecule has 6 heteroatoms. The van der Waals surface area contributed by atoms with Gasteiger partial charge in [0.2, 0.25) is 0 Å². The highest BCUT2D eigenvalue weighted by molar-refractivity contribution is 7.26. The van der Waals surface area contributed by atoms with E-state index in [-0.39, 0.29) is 10.8 Å². The Morgan fingerprint density at radius 3 is 0.963 bits per heavy atom. The van der Waals surface area contributed by atoms with E-state index in [0.29, 0.717) is 0 Å². The molecule has 4 aliphatic carbocycles. The van der Waals surface area contributed by atoms with Crippen LogP contribution in [0.4, 0.5) is 68.2 Å². The lowest BCUT2D eigenvalue weighted by Crippen LogP contribution is -2.36. The molecule has 20 aromatic carbocycles. The average molecular weight is 1750 g/mol. The second-order valence-corrected chi connectivity index (χ2v) is 39.8. The fraction of sp³-hybridized carbons (Fsp3) is 0.0625. The first-order valence-electron chi connectivity index (χ1n) is 46.7. The number of para-hydroxylation sites is 6. The van der Waals surface area contributed by atoms with E-state index in [9.17, 15) is 0 Å². The van der Waals surface area contributed by atoms with E-state index in [1.54, 1.807) is 0 Å². The van der Waals surface area contributed by atoms with E-state index in [2.05, 4.69) is 508 Å². The summed E-state index contributed by atoms with van der Waals surface area (Å²) in [5.74, 6) is 0. The highest BCUT2D eigenvalue weighted by atomic mass is 32.1. The summed E-state index contributed by atoms with van der Waals surface area (Å²) in [6.07, 6.45) is 0. The SMILES string of the molecule is CC1(C)c2ccccc2-c2ccc(N(c3ccc(-c4ccc5sc6ccccc6c5c4)cc3)c3ccc4c(c3)-c3ccccc3C43c4ccccc4N(c4ccccc4)c4ccccc43)cc21.CC1(C)c2ccccc2-c2ccc(N(c3ccc(-c4cccc5c4sc4ccccc45)cc3)c3ccc4c(c3)-c3ccccc3C43c4ccccc4N(c4ccccc4)c4ccccc43)cc21. The van der Waals surface area contributed by atoms with Gasteiger partial charge in [-0.25, -0.2) is 0 Å². The molecule has 2 aliphatic heterocycles. The molecule has 2 aromatic heterocycles. The fourth-order valence-electron chi connectivity index (χ4n) is 24.2. The standard InChI is InChI=1S/2C64H44N2S/c1-63(2)53-24-9-6-19-47(53)49-37-35-45(40-58(49)63)65(43-33-31-41(32-34-43)46-22-16-23-51-50-21-8-15-30-61(50)67-62(46)51)44-36-38-55-52(39-44)48-20-7-10-25-54(48)64(55)56-26-11-13-28-59(56)66(42-17-4-3-5-18-42)60-29-14-12-27-57(60)64;1-63(2)53-21-9-6-18-47(53)49-35-33-46(40-58(49)63)65(44-31-28-41(29-32-44)42-30-37-62-52(38-42)50-20-8-15-27-61(50)67-62)45-34-36-55-51(39-45)48-19-7-10-22-54(48)64(55)56-23-11-13-25-59(56)66(43-16-4-3-5-17-43)60-26-14-12-24-57(60)64/h2*3-40H,1-2H3. The van der Waals surface area contributed by atoms with E-state index in [4.69, 9.17) is 0 Å². The van der Waals surface area contributed by atoms with E-state index in [1.807, 2.05) is 22.7 Å². The second kappa shape index (κ2) is 29.8. The molecule has 0 saturated heterocycles. The Hall–Kier alpha value is -16.0. The summed E-state index contributed by atoms with van der Waals surface area (Å²) in [6, 6.07) is 173. The molecule has 0 fully saturated rings. The number of thiophene rings is 2. The molecule has 0 bridgehead atoms. The number of anilines is 12. The van der Waals surface area contributed by atoms with Gasteiger partial charge in [-0.15, -0.1) is 22.7 Å². The predicted molar refractivity (Wildman–Crippen MR) is 565 cm³/mol. The van der Waals surface area contributed by atoms with Crippen molar-refractivity contribution in [1.82, 2.24) is 0 Å². The van der Waals surface area contributed by atoms with Crippen molar-refractivity contribution in [3.05, 3.63) is 528 Å². The molecule has 0 amide bonds. The maximum Gasteiger partial charge on any atom is 0.0754 e. The lowest BCUT2D eigenvalue weighted by molar-refractivity contribution is 0.660. The zero-order valence-electron chi connectivity index (χ0n) is 74.5. The molecule has 0 saturated carbocycles. The maximum absolute atomic E-state index is 2.48. The molecule has 2 spiro atoms. The first-order valence-corrected chi connectivity index (χ1v) is 48.3. The van der Waals surface area contributed by atoms with Gasteiger partial charge in [0.25, 0.3) is 0 Å². The lowest BCUT2D eigenvalue weighted by atomic mass is 9.64. The minimum Gasteiger partial charge on any atom is -0.310 e. The molecule has 6 aliphatic rings. The number of benzene rings is 20.